The molecule has 0 unspecified atom stereocenters. The number of nitrogens with zero attached hydrogens (tertiary/aromatic N) is 3. The summed E-state index contributed by atoms with van der Waals surface area (Å²) >= 11 is 0. The topological polar surface area (TPSA) is 38.7 Å². The quantitative estimate of drug-likeness (QED) is 0.486. The molecule has 0 aliphatic heterocycles. The lowest BCUT2D eigenvalue weighted by Gasteiger charge is -2.05. The first-order valence-electron chi connectivity index (χ1n) is 6.47. The van der Waals surface area contributed by atoms with Gasteiger partial charge >= 0.3 is 0 Å². The number of benzene rings is 2. The predicted molar refractivity (Wildman–Crippen MR) is 80.3 cm³/mol. The minimum Gasteiger partial charge on any atom is -0.264 e. The highest BCUT2D eigenvalue weighted by atomic mass is 14.9. The highest BCUT2D eigenvalue weighted by Gasteiger charge is 2.05. The molecule has 0 aliphatic rings. The van der Waals surface area contributed by atoms with E-state index in [4.69, 9.17) is 0 Å². The van der Waals surface area contributed by atoms with Crippen molar-refractivity contribution in [1.82, 2.24) is 15.0 Å². The molecule has 20 heavy (non-hydrogen) atoms. The molecule has 0 bridgehead atoms. The van der Waals surface area contributed by atoms with E-state index >= 15 is 0 Å². The van der Waals surface area contributed by atoms with Gasteiger partial charge in [0.2, 0.25) is 0 Å². The van der Waals surface area contributed by atoms with Crippen LogP contribution in [0.4, 0.5) is 0 Å². The Morgan fingerprint density at radius 3 is 2.55 bits per heavy atom. The minimum atomic E-state index is 0.756. The molecule has 0 saturated carbocycles. The second-order valence-electron chi connectivity index (χ2n) is 4.65. The number of aromatic nitrogens is 3. The van der Waals surface area contributed by atoms with Crippen molar-refractivity contribution in [2.75, 3.05) is 0 Å². The molecule has 0 N–H and O–H groups in total. The first-order chi connectivity index (χ1) is 9.92. The Morgan fingerprint density at radius 1 is 0.750 bits per heavy atom. The van der Waals surface area contributed by atoms with Crippen LogP contribution in [-0.4, -0.2) is 15.0 Å². The van der Waals surface area contributed by atoms with Crippen molar-refractivity contribution in [3.8, 4) is 11.4 Å². The molecule has 4 aromatic rings. The first-order valence-corrected chi connectivity index (χ1v) is 6.47. The van der Waals surface area contributed by atoms with Crippen LogP contribution < -0.4 is 0 Å². The summed E-state index contributed by atoms with van der Waals surface area (Å²) < 4.78 is 0. The van der Waals surface area contributed by atoms with Crippen molar-refractivity contribution < 1.29 is 0 Å². The summed E-state index contributed by atoms with van der Waals surface area (Å²) in [7, 11) is 0. The van der Waals surface area contributed by atoms with E-state index < -0.39 is 0 Å². The van der Waals surface area contributed by atoms with Crippen molar-refractivity contribution in [2.24, 2.45) is 0 Å². The molecule has 0 aliphatic carbocycles. The molecule has 4 rings (SSSR count). The third kappa shape index (κ3) is 1.72. The molecule has 3 heteroatoms. The zero-order chi connectivity index (χ0) is 13.4. The molecular formula is C17H11N3. The van der Waals surface area contributed by atoms with E-state index in [1.54, 1.807) is 6.20 Å². The molecule has 2 aromatic carbocycles. The lowest BCUT2D eigenvalue weighted by Crippen LogP contribution is -1.90. The summed E-state index contributed by atoms with van der Waals surface area (Å²) in [5.41, 5.74) is 1.99. The van der Waals surface area contributed by atoms with E-state index in [0.717, 1.165) is 33.1 Å². The van der Waals surface area contributed by atoms with E-state index in [-0.39, 0.29) is 0 Å². The fourth-order valence-corrected chi connectivity index (χ4v) is 2.41. The maximum Gasteiger partial charge on any atom is 0.159 e. The van der Waals surface area contributed by atoms with Crippen LogP contribution in [-0.2, 0) is 0 Å². The fourth-order valence-electron chi connectivity index (χ4n) is 2.41. The third-order valence-corrected chi connectivity index (χ3v) is 3.41. The number of pyridine rings is 1. The standard InChI is InChI=1S/C17H11N3/c1-2-4-12(5-3-1)17-19-11-15-14-8-9-18-10-13(14)6-7-16(15)20-17/h1-11H. The highest BCUT2D eigenvalue weighted by molar-refractivity contribution is 6.05. The number of fused-ring (bicyclic) bond motifs is 3. The van der Waals surface area contributed by atoms with Crippen molar-refractivity contribution >= 4 is 21.7 Å². The number of hydrogen-bond donors (Lipinski definition) is 0. The van der Waals surface area contributed by atoms with Crippen LogP contribution >= 0.6 is 0 Å². The van der Waals surface area contributed by atoms with E-state index in [9.17, 15) is 0 Å². The van der Waals surface area contributed by atoms with Crippen LogP contribution in [0.5, 0.6) is 0 Å². The van der Waals surface area contributed by atoms with Crippen LogP contribution in [0.1, 0.15) is 0 Å². The highest BCUT2D eigenvalue weighted by Crippen LogP contribution is 2.24. The second-order valence-corrected chi connectivity index (χ2v) is 4.65. The van der Waals surface area contributed by atoms with Gasteiger partial charge in [0.05, 0.1) is 5.52 Å². The Hall–Kier alpha value is -2.81. The van der Waals surface area contributed by atoms with Gasteiger partial charge in [0.15, 0.2) is 5.82 Å². The number of rotatable bonds is 1. The third-order valence-electron chi connectivity index (χ3n) is 3.41. The summed E-state index contributed by atoms with van der Waals surface area (Å²) in [6.07, 6.45) is 5.56. The van der Waals surface area contributed by atoms with Gasteiger partial charge < -0.3 is 0 Å². The number of hydrogen-bond acceptors (Lipinski definition) is 3. The van der Waals surface area contributed by atoms with Crippen LogP contribution in [0.15, 0.2) is 67.1 Å². The molecule has 0 fully saturated rings. The molecule has 94 valence electrons. The monoisotopic (exact) mass is 257 g/mol. The average molecular weight is 257 g/mol. The van der Waals surface area contributed by atoms with Gasteiger partial charge in [-0.2, -0.15) is 0 Å². The van der Waals surface area contributed by atoms with Crippen LogP contribution in [0, 0.1) is 0 Å². The average Bonchev–Trinajstić information content (AvgIpc) is 2.55. The summed E-state index contributed by atoms with van der Waals surface area (Å²) in [6, 6.07) is 16.1. The van der Waals surface area contributed by atoms with Gasteiger partial charge in [0.25, 0.3) is 0 Å². The van der Waals surface area contributed by atoms with E-state index in [2.05, 4.69) is 15.0 Å². The van der Waals surface area contributed by atoms with Gasteiger partial charge in [-0.05, 0) is 17.5 Å². The van der Waals surface area contributed by atoms with Crippen molar-refractivity contribution in [3.63, 3.8) is 0 Å². The summed E-state index contributed by atoms with van der Waals surface area (Å²) in [6.45, 7) is 0. The van der Waals surface area contributed by atoms with E-state index in [1.165, 1.54) is 0 Å². The Kier molecular flexibility index (Phi) is 2.42. The van der Waals surface area contributed by atoms with Crippen molar-refractivity contribution in [2.45, 2.75) is 0 Å². The molecule has 0 saturated heterocycles. The van der Waals surface area contributed by atoms with Gasteiger partial charge in [0.1, 0.15) is 0 Å². The van der Waals surface area contributed by atoms with Gasteiger partial charge in [-0.1, -0.05) is 36.4 Å². The predicted octanol–water partition coefficient (Wildman–Crippen LogP) is 3.85. The molecule has 2 heterocycles. The minimum absolute atomic E-state index is 0.756. The lowest BCUT2D eigenvalue weighted by molar-refractivity contribution is 1.23. The summed E-state index contributed by atoms with van der Waals surface area (Å²) in [5, 5.41) is 3.30. The Labute approximate surface area is 116 Å². The molecule has 3 nitrogen and oxygen atoms in total. The van der Waals surface area contributed by atoms with Gasteiger partial charge in [-0.15, -0.1) is 0 Å². The smallest absolute Gasteiger partial charge is 0.159 e. The Bertz CT molecular complexity index is 901. The zero-order valence-electron chi connectivity index (χ0n) is 10.7. The van der Waals surface area contributed by atoms with E-state index in [0.29, 0.717) is 0 Å². The Balaban J connectivity index is 1.99. The van der Waals surface area contributed by atoms with Gasteiger partial charge in [0, 0.05) is 34.9 Å². The first kappa shape index (κ1) is 11.1. The maximum absolute atomic E-state index is 4.66. The van der Waals surface area contributed by atoms with Gasteiger partial charge in [-0.25, -0.2) is 9.97 Å². The molecular weight excluding hydrogens is 246 g/mol. The van der Waals surface area contributed by atoms with Crippen molar-refractivity contribution in [1.29, 1.82) is 0 Å². The molecule has 0 amide bonds. The summed E-state index contributed by atoms with van der Waals surface area (Å²) in [4.78, 5) is 13.3. The molecule has 2 aromatic heterocycles. The van der Waals surface area contributed by atoms with Crippen LogP contribution in [0.3, 0.4) is 0 Å². The maximum atomic E-state index is 4.66. The van der Waals surface area contributed by atoms with Crippen LogP contribution in [0.25, 0.3) is 33.1 Å². The molecule has 0 spiro atoms. The summed E-state index contributed by atoms with van der Waals surface area (Å²) in [5.74, 6) is 0.756. The SMILES string of the molecule is c1ccc(-c2ncc3c(ccc4cnccc43)n2)cc1. The molecule has 0 atom stereocenters. The second kappa shape index (κ2) is 4.38. The van der Waals surface area contributed by atoms with Gasteiger partial charge in [-0.3, -0.25) is 4.98 Å². The fraction of sp³-hybridized carbons (Fsp3) is 0. The zero-order valence-corrected chi connectivity index (χ0v) is 10.7. The largest absolute Gasteiger partial charge is 0.264 e. The Morgan fingerprint density at radius 2 is 1.65 bits per heavy atom. The van der Waals surface area contributed by atoms with E-state index in [1.807, 2.05) is 60.9 Å². The normalized spacial score (nSPS) is 11.0. The van der Waals surface area contributed by atoms with Crippen LogP contribution in [0.2, 0.25) is 0 Å². The van der Waals surface area contributed by atoms with Crippen molar-refractivity contribution in [3.05, 3.63) is 67.1 Å². The molecule has 0 radical (unpaired) electrons. The lowest BCUT2D eigenvalue weighted by atomic mass is 10.1.